The third kappa shape index (κ3) is 3.86. The lowest BCUT2D eigenvalue weighted by Gasteiger charge is -2.21. The van der Waals surface area contributed by atoms with Crippen molar-refractivity contribution in [2.75, 3.05) is 18.6 Å². The second-order valence-corrected chi connectivity index (χ2v) is 6.52. The number of amides is 2. The number of hydrogen-bond donors (Lipinski definition) is 2. The molecule has 9 heteroatoms. The van der Waals surface area contributed by atoms with Gasteiger partial charge in [-0.2, -0.15) is 0 Å². The monoisotopic (exact) mass is 393 g/mol. The van der Waals surface area contributed by atoms with Crippen molar-refractivity contribution in [2.24, 2.45) is 0 Å². The fourth-order valence-corrected chi connectivity index (χ4v) is 3.10. The summed E-state index contributed by atoms with van der Waals surface area (Å²) in [6.07, 6.45) is 1.35. The molecular formula is C18H17ClFN3O4. The molecule has 2 heterocycles. The summed E-state index contributed by atoms with van der Waals surface area (Å²) in [5.74, 6) is -1.76. The first-order chi connectivity index (χ1) is 12.8. The number of rotatable bonds is 5. The Morgan fingerprint density at radius 1 is 1.44 bits per heavy atom. The van der Waals surface area contributed by atoms with E-state index in [-0.39, 0.29) is 24.5 Å². The van der Waals surface area contributed by atoms with Crippen LogP contribution in [0.15, 0.2) is 36.5 Å². The zero-order valence-corrected chi connectivity index (χ0v) is 15.2. The number of pyridine rings is 1. The normalized spacial score (nSPS) is 19.3. The first-order valence-electron chi connectivity index (χ1n) is 8.11. The summed E-state index contributed by atoms with van der Waals surface area (Å²) in [6.45, 7) is 0.0819. The topological polar surface area (TPSA) is 91.8 Å². The molecule has 1 aromatic heterocycles. The van der Waals surface area contributed by atoms with Crippen molar-refractivity contribution >= 4 is 29.1 Å². The highest BCUT2D eigenvalue weighted by molar-refractivity contribution is 6.30. The number of anilines is 1. The van der Waals surface area contributed by atoms with E-state index >= 15 is 0 Å². The van der Waals surface area contributed by atoms with E-state index in [0.29, 0.717) is 17.1 Å². The van der Waals surface area contributed by atoms with E-state index in [1.807, 2.05) is 0 Å². The molecule has 1 saturated heterocycles. The van der Waals surface area contributed by atoms with Crippen molar-refractivity contribution in [1.82, 2.24) is 10.3 Å². The van der Waals surface area contributed by atoms with Gasteiger partial charge in [-0.1, -0.05) is 11.6 Å². The van der Waals surface area contributed by atoms with Gasteiger partial charge >= 0.3 is 0 Å². The lowest BCUT2D eigenvalue weighted by atomic mass is 10.0. The van der Waals surface area contributed by atoms with Crippen LogP contribution in [0.1, 0.15) is 12.0 Å². The van der Waals surface area contributed by atoms with Crippen LogP contribution in [0.4, 0.5) is 10.1 Å². The molecule has 7 nitrogen and oxygen atoms in total. The van der Waals surface area contributed by atoms with Gasteiger partial charge in [0.15, 0.2) is 0 Å². The van der Waals surface area contributed by atoms with Crippen LogP contribution >= 0.6 is 11.6 Å². The van der Waals surface area contributed by atoms with Crippen LogP contribution < -0.4 is 15.0 Å². The molecule has 0 aliphatic carbocycles. The van der Waals surface area contributed by atoms with E-state index in [1.165, 1.54) is 30.3 Å². The maximum atomic E-state index is 13.4. The molecule has 0 saturated carbocycles. The average Bonchev–Trinajstić information content (AvgIpc) is 2.95. The van der Waals surface area contributed by atoms with Gasteiger partial charge in [0.2, 0.25) is 11.5 Å². The second-order valence-electron chi connectivity index (χ2n) is 6.09. The zero-order chi connectivity index (χ0) is 19.6. The van der Waals surface area contributed by atoms with Crippen molar-refractivity contribution in [3.8, 4) is 5.88 Å². The lowest BCUT2D eigenvalue weighted by Crippen LogP contribution is -2.52. The average molecular weight is 394 g/mol. The Kier molecular flexibility index (Phi) is 5.29. The first-order valence-corrected chi connectivity index (χ1v) is 8.49. The molecule has 1 fully saturated rings. The lowest BCUT2D eigenvalue weighted by molar-refractivity contribution is -0.149. The van der Waals surface area contributed by atoms with Crippen LogP contribution in [0.25, 0.3) is 0 Å². The smallest absolute Gasteiger partial charge is 0.268 e. The second kappa shape index (κ2) is 7.50. The number of nitrogens with zero attached hydrogens (tertiary/aromatic N) is 2. The van der Waals surface area contributed by atoms with Gasteiger partial charge in [-0.3, -0.25) is 9.59 Å². The van der Waals surface area contributed by atoms with Gasteiger partial charge in [-0.05, 0) is 29.8 Å². The molecule has 3 rings (SSSR count). The number of nitrogens with one attached hydrogen (secondary N) is 1. The van der Waals surface area contributed by atoms with Gasteiger partial charge in [-0.15, -0.1) is 0 Å². The van der Waals surface area contributed by atoms with E-state index < -0.39 is 23.2 Å². The summed E-state index contributed by atoms with van der Waals surface area (Å²) in [6, 6.07) is 7.03. The van der Waals surface area contributed by atoms with Crippen LogP contribution in [-0.2, 0) is 16.1 Å². The maximum absolute atomic E-state index is 13.4. The van der Waals surface area contributed by atoms with Crippen molar-refractivity contribution in [3.63, 3.8) is 0 Å². The van der Waals surface area contributed by atoms with Gasteiger partial charge in [0, 0.05) is 30.6 Å². The molecule has 1 aliphatic heterocycles. The Hall–Kier alpha value is -2.71. The van der Waals surface area contributed by atoms with Gasteiger partial charge in [0.05, 0.1) is 19.0 Å². The summed E-state index contributed by atoms with van der Waals surface area (Å²) >= 11 is 5.77. The standard InChI is InChI=1S/C18H17ClFN3O4/c1-27-15-3-2-14(10-21-15)23-5-4-18(26,17(23)25)16(24)22-9-11-6-12(19)8-13(20)7-11/h2-3,6-8,10,26H,4-5,9H2,1H3,(H,22,24). The van der Waals surface area contributed by atoms with Crippen molar-refractivity contribution < 1.29 is 23.8 Å². The van der Waals surface area contributed by atoms with Crippen LogP contribution in [0.3, 0.4) is 0 Å². The molecule has 27 heavy (non-hydrogen) atoms. The number of carbonyl (C=O) groups is 2. The number of aromatic nitrogens is 1. The zero-order valence-electron chi connectivity index (χ0n) is 14.4. The van der Waals surface area contributed by atoms with E-state index in [2.05, 4.69) is 10.3 Å². The molecule has 0 spiro atoms. The molecule has 1 aromatic carbocycles. The Labute approximate surface area is 159 Å². The minimum absolute atomic E-state index is 0.0734. The SMILES string of the molecule is COc1ccc(N2CCC(O)(C(=O)NCc3cc(F)cc(Cl)c3)C2=O)cn1. The largest absolute Gasteiger partial charge is 0.481 e. The highest BCUT2D eigenvalue weighted by Gasteiger charge is 2.51. The number of carbonyl (C=O) groups excluding carboxylic acids is 2. The van der Waals surface area contributed by atoms with Crippen molar-refractivity contribution in [3.05, 3.63) is 52.9 Å². The third-order valence-electron chi connectivity index (χ3n) is 4.29. The molecule has 1 atom stereocenters. The summed E-state index contributed by atoms with van der Waals surface area (Å²) in [5.41, 5.74) is -1.34. The van der Waals surface area contributed by atoms with Crippen LogP contribution in [-0.4, -0.2) is 41.2 Å². The molecule has 1 unspecified atom stereocenters. The summed E-state index contributed by atoms with van der Waals surface area (Å²) < 4.78 is 18.3. The molecule has 2 aromatic rings. The summed E-state index contributed by atoms with van der Waals surface area (Å²) in [5, 5.41) is 13.2. The number of methoxy groups -OCH3 is 1. The minimum Gasteiger partial charge on any atom is -0.481 e. The number of halogens is 2. The van der Waals surface area contributed by atoms with Gasteiger partial charge < -0.3 is 20.1 Å². The first kappa shape index (κ1) is 19.1. The van der Waals surface area contributed by atoms with Gasteiger partial charge in [-0.25, -0.2) is 9.37 Å². The van der Waals surface area contributed by atoms with E-state index in [0.717, 1.165) is 6.07 Å². The third-order valence-corrected chi connectivity index (χ3v) is 4.51. The summed E-state index contributed by atoms with van der Waals surface area (Å²) in [4.78, 5) is 30.3. The van der Waals surface area contributed by atoms with Gasteiger partial charge in [0.1, 0.15) is 5.82 Å². The molecule has 2 amide bonds. The molecule has 1 aliphatic rings. The molecule has 0 bridgehead atoms. The van der Waals surface area contributed by atoms with Crippen LogP contribution in [0, 0.1) is 5.82 Å². The minimum atomic E-state index is -2.20. The fourth-order valence-electron chi connectivity index (χ4n) is 2.86. The Morgan fingerprint density at radius 2 is 2.22 bits per heavy atom. The molecule has 2 N–H and O–H groups in total. The predicted octanol–water partition coefficient (Wildman–Crippen LogP) is 1.67. The van der Waals surface area contributed by atoms with E-state index in [9.17, 15) is 19.1 Å². The molecular weight excluding hydrogens is 377 g/mol. The van der Waals surface area contributed by atoms with Crippen LogP contribution in [0.2, 0.25) is 5.02 Å². The molecule has 142 valence electrons. The predicted molar refractivity (Wildman–Crippen MR) is 96.0 cm³/mol. The fraction of sp³-hybridized carbons (Fsp3) is 0.278. The van der Waals surface area contributed by atoms with Crippen molar-refractivity contribution in [2.45, 2.75) is 18.6 Å². The number of hydrogen-bond acceptors (Lipinski definition) is 5. The number of ether oxygens (including phenoxy) is 1. The summed E-state index contributed by atoms with van der Waals surface area (Å²) in [7, 11) is 1.47. The maximum Gasteiger partial charge on any atom is 0.268 e. The Balaban J connectivity index is 1.69. The Bertz CT molecular complexity index is 857. The quantitative estimate of drug-likeness (QED) is 0.754. The highest BCUT2D eigenvalue weighted by atomic mass is 35.5. The number of aliphatic hydroxyl groups is 1. The van der Waals surface area contributed by atoms with E-state index in [4.69, 9.17) is 16.3 Å². The Morgan fingerprint density at radius 3 is 2.85 bits per heavy atom. The van der Waals surface area contributed by atoms with E-state index in [1.54, 1.807) is 12.1 Å². The highest BCUT2D eigenvalue weighted by Crippen LogP contribution is 2.29. The molecule has 0 radical (unpaired) electrons. The number of benzene rings is 1. The van der Waals surface area contributed by atoms with Gasteiger partial charge in [0.25, 0.3) is 11.8 Å². The van der Waals surface area contributed by atoms with Crippen LogP contribution in [0.5, 0.6) is 5.88 Å². The van der Waals surface area contributed by atoms with Crippen molar-refractivity contribution in [1.29, 1.82) is 0 Å².